The summed E-state index contributed by atoms with van der Waals surface area (Å²) in [5, 5.41) is 4.72. The molecule has 0 saturated heterocycles. The van der Waals surface area contributed by atoms with E-state index in [9.17, 15) is 22.8 Å². The van der Waals surface area contributed by atoms with Gasteiger partial charge in [-0.1, -0.05) is 29.8 Å². The highest BCUT2D eigenvalue weighted by atomic mass is 35.5. The van der Waals surface area contributed by atoms with Crippen molar-refractivity contribution in [2.24, 2.45) is 0 Å². The number of alkyl halides is 3. The number of hydrogen-bond donors (Lipinski definition) is 1. The van der Waals surface area contributed by atoms with Gasteiger partial charge in [-0.15, -0.1) is 11.3 Å². The minimum absolute atomic E-state index is 0.154. The van der Waals surface area contributed by atoms with Crippen molar-refractivity contribution in [3.05, 3.63) is 40.4 Å². The van der Waals surface area contributed by atoms with Gasteiger partial charge in [-0.3, -0.25) is 4.79 Å². The molecule has 6 nitrogen and oxygen atoms in total. The fourth-order valence-electron chi connectivity index (χ4n) is 1.68. The van der Waals surface area contributed by atoms with Gasteiger partial charge in [0.25, 0.3) is 0 Å². The molecule has 1 aromatic heterocycles. The van der Waals surface area contributed by atoms with Gasteiger partial charge >= 0.3 is 18.2 Å². The molecule has 0 aliphatic rings. The summed E-state index contributed by atoms with van der Waals surface area (Å²) in [6.07, 6.45) is -6.00. The van der Waals surface area contributed by atoms with Gasteiger partial charge in [-0.25, -0.2) is 9.78 Å². The molecule has 1 N–H and O–H groups in total. The first-order valence-corrected chi connectivity index (χ1v) is 8.32. The highest BCUT2D eigenvalue weighted by Crippen LogP contribution is 2.30. The Bertz CT molecular complexity index is 782. The summed E-state index contributed by atoms with van der Waals surface area (Å²) in [5.41, 5.74) is 1.21. The van der Waals surface area contributed by atoms with E-state index < -0.39 is 31.4 Å². The lowest BCUT2D eigenvalue weighted by molar-refractivity contribution is -0.160. The zero-order valence-electron chi connectivity index (χ0n) is 13.0. The van der Waals surface area contributed by atoms with Crippen LogP contribution < -0.4 is 5.32 Å². The number of aromatic nitrogens is 1. The number of thiazole rings is 1. The van der Waals surface area contributed by atoms with Gasteiger partial charge in [0.2, 0.25) is 0 Å². The average Bonchev–Trinajstić information content (AvgIpc) is 3.05. The number of nitrogens with zero attached hydrogens (tertiary/aromatic N) is 1. The molecule has 0 aliphatic carbocycles. The smallest absolute Gasteiger partial charge is 0.422 e. The first-order valence-electron chi connectivity index (χ1n) is 7.07. The second-order valence-corrected chi connectivity index (χ2v) is 6.09. The molecule has 0 fully saturated rings. The van der Waals surface area contributed by atoms with Gasteiger partial charge in [0, 0.05) is 10.9 Å². The highest BCUT2D eigenvalue weighted by Gasteiger charge is 2.29. The number of esters is 1. The average molecular weight is 409 g/mol. The normalized spacial score (nSPS) is 11.1. The molecule has 1 aromatic carbocycles. The van der Waals surface area contributed by atoms with Crippen LogP contribution in [-0.4, -0.2) is 36.4 Å². The summed E-state index contributed by atoms with van der Waals surface area (Å²) < 4.78 is 44.3. The number of benzene rings is 1. The Labute approximate surface area is 154 Å². The molecule has 1 amide bonds. The minimum atomic E-state index is -4.64. The Balaban J connectivity index is 1.76. The molecule has 1 heterocycles. The maximum atomic E-state index is 11.9. The molecular weight excluding hydrogens is 397 g/mol. The molecule has 0 radical (unpaired) electrons. The lowest BCUT2D eigenvalue weighted by Crippen LogP contribution is -2.33. The van der Waals surface area contributed by atoms with Crippen LogP contribution in [0.5, 0.6) is 0 Å². The van der Waals surface area contributed by atoms with Crippen LogP contribution in [-0.2, 0) is 20.9 Å². The van der Waals surface area contributed by atoms with Crippen LogP contribution in [0.15, 0.2) is 29.6 Å². The molecule has 0 bridgehead atoms. The number of carbonyl (C=O) groups is 2. The van der Waals surface area contributed by atoms with Crippen molar-refractivity contribution in [2.75, 3.05) is 13.2 Å². The van der Waals surface area contributed by atoms with E-state index in [0.717, 1.165) is 5.56 Å². The minimum Gasteiger partial charge on any atom is -0.458 e. The summed E-state index contributed by atoms with van der Waals surface area (Å²) in [5.74, 6) is -0.846. The van der Waals surface area contributed by atoms with Gasteiger partial charge in [0.1, 0.15) is 18.2 Å². The number of ether oxygens (including phenoxy) is 2. The third-order valence-corrected chi connectivity index (χ3v) is 4.04. The Hall–Kier alpha value is -2.33. The van der Waals surface area contributed by atoms with Crippen LogP contribution in [0.1, 0.15) is 5.69 Å². The number of amides is 1. The Kier molecular flexibility index (Phi) is 6.81. The van der Waals surface area contributed by atoms with E-state index in [0.29, 0.717) is 15.7 Å². The molecular formula is C15H12ClF3N2O4S. The largest absolute Gasteiger partial charge is 0.458 e. The lowest BCUT2D eigenvalue weighted by Gasteiger charge is -2.08. The number of alkyl carbamates (subject to hydrolysis) is 1. The number of halogens is 4. The van der Waals surface area contributed by atoms with E-state index in [1.54, 1.807) is 23.6 Å². The first-order chi connectivity index (χ1) is 12.2. The maximum absolute atomic E-state index is 11.9. The quantitative estimate of drug-likeness (QED) is 0.736. The summed E-state index contributed by atoms with van der Waals surface area (Å²) >= 11 is 7.39. The van der Waals surface area contributed by atoms with E-state index in [2.05, 4.69) is 9.72 Å². The first kappa shape index (κ1) is 20.0. The molecule has 0 unspecified atom stereocenters. The van der Waals surface area contributed by atoms with E-state index in [1.807, 2.05) is 11.4 Å². The van der Waals surface area contributed by atoms with E-state index >= 15 is 0 Å². The molecule has 26 heavy (non-hydrogen) atoms. The topological polar surface area (TPSA) is 77.5 Å². The van der Waals surface area contributed by atoms with Gasteiger partial charge in [0.05, 0.1) is 10.7 Å². The molecule has 11 heteroatoms. The number of hydrogen-bond acceptors (Lipinski definition) is 6. The molecule has 2 rings (SSSR count). The third-order valence-electron chi connectivity index (χ3n) is 2.78. The SMILES string of the molecule is O=C(CNC(=O)OCC(F)(F)F)OCc1csc(-c2ccccc2Cl)n1. The van der Waals surface area contributed by atoms with Crippen LogP contribution in [0.2, 0.25) is 5.02 Å². The number of carbonyl (C=O) groups excluding carboxylic acids is 2. The second-order valence-electron chi connectivity index (χ2n) is 4.83. The van der Waals surface area contributed by atoms with Crippen molar-refractivity contribution >= 4 is 35.0 Å². The van der Waals surface area contributed by atoms with Gasteiger partial charge in [-0.05, 0) is 6.07 Å². The number of rotatable bonds is 6. The van der Waals surface area contributed by atoms with Crippen molar-refractivity contribution in [3.63, 3.8) is 0 Å². The molecule has 0 aliphatic heterocycles. The van der Waals surface area contributed by atoms with Crippen molar-refractivity contribution in [1.82, 2.24) is 10.3 Å². The van der Waals surface area contributed by atoms with Crippen molar-refractivity contribution in [3.8, 4) is 10.6 Å². The van der Waals surface area contributed by atoms with Crippen LogP contribution in [0.25, 0.3) is 10.6 Å². The summed E-state index contributed by atoms with van der Waals surface area (Å²) in [4.78, 5) is 26.8. The van der Waals surface area contributed by atoms with Crippen molar-refractivity contribution in [1.29, 1.82) is 0 Å². The fraction of sp³-hybridized carbons (Fsp3) is 0.267. The number of nitrogens with one attached hydrogen (secondary N) is 1. The lowest BCUT2D eigenvalue weighted by atomic mass is 10.2. The van der Waals surface area contributed by atoms with E-state index in [-0.39, 0.29) is 6.61 Å². The predicted octanol–water partition coefficient (Wildman–Crippen LogP) is 3.80. The summed E-state index contributed by atoms with van der Waals surface area (Å²) in [6.45, 7) is -2.52. The summed E-state index contributed by atoms with van der Waals surface area (Å²) in [6, 6.07) is 7.12. The van der Waals surface area contributed by atoms with Crippen LogP contribution in [0.4, 0.5) is 18.0 Å². The zero-order chi connectivity index (χ0) is 19.2. The summed E-state index contributed by atoms with van der Waals surface area (Å²) in [7, 11) is 0. The third kappa shape index (κ3) is 6.52. The van der Waals surface area contributed by atoms with Gasteiger partial charge in [-0.2, -0.15) is 13.2 Å². The Morgan fingerprint density at radius 3 is 2.65 bits per heavy atom. The molecule has 140 valence electrons. The Morgan fingerprint density at radius 2 is 1.96 bits per heavy atom. The van der Waals surface area contributed by atoms with Gasteiger partial charge < -0.3 is 14.8 Å². The Morgan fingerprint density at radius 1 is 1.23 bits per heavy atom. The zero-order valence-corrected chi connectivity index (χ0v) is 14.6. The van der Waals surface area contributed by atoms with Gasteiger partial charge in [0.15, 0.2) is 6.61 Å². The predicted molar refractivity (Wildman–Crippen MR) is 87.8 cm³/mol. The monoisotopic (exact) mass is 408 g/mol. The maximum Gasteiger partial charge on any atom is 0.422 e. The molecule has 0 spiro atoms. The van der Waals surface area contributed by atoms with Crippen LogP contribution >= 0.6 is 22.9 Å². The highest BCUT2D eigenvalue weighted by molar-refractivity contribution is 7.13. The van der Waals surface area contributed by atoms with E-state index in [4.69, 9.17) is 16.3 Å². The van der Waals surface area contributed by atoms with Crippen LogP contribution in [0.3, 0.4) is 0 Å². The second kappa shape index (κ2) is 8.86. The van der Waals surface area contributed by atoms with Crippen LogP contribution in [0, 0.1) is 0 Å². The molecule has 0 saturated carbocycles. The fourth-order valence-corrected chi connectivity index (χ4v) is 2.80. The molecule has 2 aromatic rings. The van der Waals surface area contributed by atoms with Crippen molar-refractivity contribution in [2.45, 2.75) is 12.8 Å². The standard InChI is InChI=1S/C15H12ClF3N2O4S/c16-11-4-2-1-3-10(11)13-21-9(7-26-13)6-24-12(22)5-20-14(23)25-8-15(17,18)19/h1-4,7H,5-6,8H2,(H,20,23). The molecule has 0 atom stereocenters. The van der Waals surface area contributed by atoms with Crippen molar-refractivity contribution < 1.29 is 32.2 Å². The van der Waals surface area contributed by atoms with E-state index in [1.165, 1.54) is 11.3 Å².